The van der Waals surface area contributed by atoms with Gasteiger partial charge in [0.25, 0.3) is 5.91 Å². The molecule has 3 rings (SSSR count). The molecule has 1 fully saturated rings. The topological polar surface area (TPSA) is 619 Å². The maximum absolute atomic E-state index is 12.1. The Morgan fingerprint density at radius 1 is 0.565 bits per heavy atom. The predicted octanol–water partition coefficient (Wildman–Crippen LogP) is -2.85. The molecule has 6 amide bonds. The third-order valence-corrected chi connectivity index (χ3v) is 18.2. The Bertz CT molecular complexity index is 3740. The van der Waals surface area contributed by atoms with Crippen LogP contribution in [0.4, 0.5) is 0 Å². The van der Waals surface area contributed by atoms with Crippen LogP contribution in [0, 0.1) is 34.0 Å². The van der Waals surface area contributed by atoms with E-state index < -0.39 is 105 Å². The Morgan fingerprint density at radius 2 is 0.969 bits per heavy atom. The lowest BCUT2D eigenvalue weighted by Crippen LogP contribution is -2.58. The molecule has 1 saturated heterocycles. The molecule has 4 atom stereocenters. The molecule has 2 aromatic heterocycles. The number of quaternary nitrogens is 3. The Hall–Kier alpha value is -8.50. The minimum absolute atomic E-state index is 0.0548. The first kappa shape index (κ1) is 131. The van der Waals surface area contributed by atoms with Crippen molar-refractivity contribution in [3.05, 3.63) is 30.1 Å². The first-order chi connectivity index (χ1) is 59.1. The van der Waals surface area contributed by atoms with E-state index in [2.05, 4.69) is 108 Å². The summed E-state index contributed by atoms with van der Waals surface area (Å²) in [6, 6.07) is 0. The summed E-state index contributed by atoms with van der Waals surface area (Å²) in [6.45, 7) is 54.2. The summed E-state index contributed by atoms with van der Waals surface area (Å²) in [7, 11) is 10.2. The Kier molecular flexibility index (Phi) is 62.9. The highest BCUT2D eigenvalue weighted by Crippen LogP contribution is 2.23. The molecule has 0 aromatic carbocycles. The zero-order valence-electron chi connectivity index (χ0n) is 84.7. The van der Waals surface area contributed by atoms with Crippen LogP contribution in [-0.4, -0.2) is 322 Å². The van der Waals surface area contributed by atoms with Gasteiger partial charge in [-0.15, -0.1) is 5.10 Å². The van der Waals surface area contributed by atoms with Gasteiger partial charge in [-0.05, 0) is 156 Å². The van der Waals surface area contributed by atoms with E-state index in [1.54, 1.807) is 67.0 Å². The standard InChI is InChI=1S/C18H35NO7.C13H25N5O.C12H19N3O3.C12H27NO3S.C10H17NO5.C9H17NO4.C8H17NO2.C6H13N3O/c1-18(2,3)19-17(20)14-16-15-25-11-10-23-7-6-21-4-5-22-8-9-24-12-13-26-16;1-13(2,3)12(19)14-7-8-17-9-11(15-16-17)10-18(4,5)6;1-12(2,3)15-10(16)5-8(11(17)18)4-9-6-13-7-14-9;1-12(2,3)8-6-9-13(4,5)10-7-11-17(14,15)16;1-10(2,3)11-7(12)4-6(9(15)16)5-8(13)14;1-9(2,3)10-7(12)4-6(5-11)8(13)14;1-8(2,3)9(4,5)6-7(10)11;1-6(2,3)4(10)9-5(7)8/h16H,4-15H2,1-3H3,(H,19,20);9H,7-8,10H2,1-6H3;6-8H,4-5H2,1-3H3,(H,13,14)(H,15,16)(H,17,18);6-11H2,1-5H3;6H,4-5H2,1-3H3,(H,11,12)(H,13,14)(H,15,16);6,11H,4-5H2,1-3H3,(H,10,12)(H,13,14);6H2,1-5H3;1-3H3,(H4,7,8,9,10)/p-2. The number of rotatable bonds is 30. The van der Waals surface area contributed by atoms with Gasteiger partial charge in [0.15, 0.2) is 0 Å². The number of aromatic amines is 1. The quantitative estimate of drug-likeness (QED) is 0.0163. The van der Waals surface area contributed by atoms with Crippen LogP contribution in [0.1, 0.15) is 229 Å². The fourth-order valence-electron chi connectivity index (χ4n) is 10.1. The van der Waals surface area contributed by atoms with Crippen molar-refractivity contribution in [3.8, 4) is 0 Å². The Labute approximate surface area is 779 Å². The van der Waals surface area contributed by atoms with Gasteiger partial charge in [-0.25, -0.2) is 18.7 Å². The minimum atomic E-state index is -4.05. The van der Waals surface area contributed by atoms with Gasteiger partial charge < -0.3 is 133 Å². The van der Waals surface area contributed by atoms with Crippen molar-refractivity contribution in [1.29, 1.82) is 0 Å². The number of aliphatic carboxylic acids is 5. The molecule has 42 nitrogen and oxygen atoms in total. The second kappa shape index (κ2) is 62.9. The lowest BCUT2D eigenvalue weighted by atomic mass is 9.90. The summed E-state index contributed by atoms with van der Waals surface area (Å²) in [5.41, 5.74) is 4.66. The van der Waals surface area contributed by atoms with Crippen LogP contribution in [0.2, 0.25) is 0 Å². The van der Waals surface area contributed by atoms with Crippen molar-refractivity contribution in [1.82, 2.24) is 56.9 Å². The number of aliphatic hydroxyl groups is 1. The fourth-order valence-corrected chi connectivity index (χ4v) is 10.6. The number of hydrogen-bond acceptors (Lipinski definition) is 29. The number of carboxylic acid groups (broad SMARTS) is 5. The largest absolute Gasteiger partial charge is 0.748 e. The van der Waals surface area contributed by atoms with Crippen molar-refractivity contribution in [2.24, 2.45) is 39.7 Å². The van der Waals surface area contributed by atoms with Gasteiger partial charge in [0.2, 0.25) is 29.5 Å². The molecule has 131 heavy (non-hydrogen) atoms. The molecule has 0 radical (unpaired) electrons. The number of amides is 6. The van der Waals surface area contributed by atoms with Crippen molar-refractivity contribution < 1.29 is 144 Å². The molecule has 1 aliphatic rings. The van der Waals surface area contributed by atoms with Gasteiger partial charge in [0.05, 0.1) is 200 Å². The molecule has 12 N–H and O–H groups in total. The number of carbonyl (C=O) groups is 11. The molecular formula is C88H168N16O26S-2. The number of nitrogens with zero attached hydrogens (tertiary/aromatic N) is 7. The van der Waals surface area contributed by atoms with Crippen molar-refractivity contribution in [2.75, 3.05) is 161 Å². The zero-order valence-corrected chi connectivity index (χ0v) is 85.5. The highest BCUT2D eigenvalue weighted by atomic mass is 32.2. The molecule has 43 heteroatoms. The summed E-state index contributed by atoms with van der Waals surface area (Å²) in [6.07, 6.45) is 6.32. The number of nitrogens with two attached hydrogens (primary N) is 2. The van der Waals surface area contributed by atoms with Crippen molar-refractivity contribution in [2.45, 2.75) is 271 Å². The molecule has 0 aliphatic carbocycles. The van der Waals surface area contributed by atoms with Crippen LogP contribution < -0.4 is 68.6 Å². The van der Waals surface area contributed by atoms with E-state index >= 15 is 0 Å². The number of guanidine groups is 1. The summed E-state index contributed by atoms with van der Waals surface area (Å²) in [5.74, 6) is -11.7. The van der Waals surface area contributed by atoms with E-state index in [0.717, 1.165) is 47.1 Å². The fraction of sp³-hybridized carbons (Fsp3) is 0.807. The van der Waals surface area contributed by atoms with E-state index in [9.17, 15) is 91.2 Å². The Balaban J connectivity index is -0.000000469. The monoisotopic (exact) mass is 1900 g/mol. The second-order valence-corrected chi connectivity index (χ2v) is 43.8. The number of hydrogen-bond donors (Lipinski definition) is 10. The van der Waals surface area contributed by atoms with E-state index in [-0.39, 0.29) is 95.7 Å². The number of likely N-dealkylation sites (N-methyl/N-ethyl adjacent to an activating group) is 1. The Morgan fingerprint density at radius 3 is 1.31 bits per heavy atom. The van der Waals surface area contributed by atoms with Gasteiger partial charge in [-0.3, -0.25) is 44.6 Å². The molecule has 3 heterocycles. The van der Waals surface area contributed by atoms with Crippen LogP contribution in [0.25, 0.3) is 0 Å². The number of imidazole rings is 1. The van der Waals surface area contributed by atoms with Gasteiger partial charge >= 0.3 is 5.96 Å². The lowest BCUT2D eigenvalue weighted by molar-refractivity contribution is -0.930. The van der Waals surface area contributed by atoms with E-state index in [4.69, 9.17) is 44.7 Å². The molecule has 4 unspecified atom stereocenters. The highest BCUT2D eigenvalue weighted by molar-refractivity contribution is 7.85. The van der Waals surface area contributed by atoms with Gasteiger partial charge in [-0.2, -0.15) is 0 Å². The molecule has 0 spiro atoms. The molecule has 0 bridgehead atoms. The van der Waals surface area contributed by atoms with Gasteiger partial charge in [0, 0.05) is 119 Å². The normalized spacial score (nSPS) is 15.0. The molecule has 764 valence electrons. The lowest BCUT2D eigenvalue weighted by Gasteiger charge is -2.42. The average molecular weight is 1900 g/mol. The first-order valence-corrected chi connectivity index (χ1v) is 45.3. The number of ether oxygens (including phenoxy) is 6. The minimum Gasteiger partial charge on any atom is -0.748 e. The third-order valence-electron chi connectivity index (χ3n) is 17.5. The third kappa shape index (κ3) is 85.4. The smallest absolute Gasteiger partial charge is 0.346 e. The first-order valence-electron chi connectivity index (χ1n) is 43.7. The zero-order chi connectivity index (χ0) is 103. The summed E-state index contributed by atoms with van der Waals surface area (Å²) in [5, 5.41) is 90.4. The number of carboxylic acids is 5. The number of H-pyrrole nitrogens is 1. The molecule has 2 aromatic rings. The van der Waals surface area contributed by atoms with Crippen molar-refractivity contribution >= 4 is 81.4 Å². The summed E-state index contributed by atoms with van der Waals surface area (Å²) in [4.78, 5) is 128. The average Bonchev–Trinajstić information content (AvgIpc) is 1.40. The van der Waals surface area contributed by atoms with Crippen LogP contribution in [-0.2, 0) is 111 Å². The summed E-state index contributed by atoms with van der Waals surface area (Å²) >= 11 is 0. The number of aliphatic hydroxyl groups excluding tert-OH is 1. The van der Waals surface area contributed by atoms with Crippen LogP contribution in [0.3, 0.4) is 0 Å². The number of aromatic nitrogens is 5. The van der Waals surface area contributed by atoms with E-state index in [0.29, 0.717) is 108 Å². The van der Waals surface area contributed by atoms with E-state index in [1.165, 1.54) is 12.5 Å². The second-order valence-electron chi connectivity index (χ2n) is 42.2. The van der Waals surface area contributed by atoms with E-state index in [1.807, 2.05) is 103 Å². The van der Waals surface area contributed by atoms with Gasteiger partial charge in [-0.1, -0.05) is 46.8 Å². The predicted molar refractivity (Wildman–Crippen MR) is 483 cm³/mol. The molecular weight excluding hydrogens is 1730 g/mol. The highest BCUT2D eigenvalue weighted by Gasteiger charge is 2.32. The van der Waals surface area contributed by atoms with Crippen LogP contribution in [0.5, 0.6) is 0 Å². The number of nitrogens with one attached hydrogen (secondary N) is 7. The van der Waals surface area contributed by atoms with Crippen molar-refractivity contribution in [3.63, 3.8) is 0 Å². The molecule has 1 aliphatic heterocycles. The summed E-state index contributed by atoms with van der Waals surface area (Å²) < 4.78 is 68.3. The van der Waals surface area contributed by atoms with Gasteiger partial charge in [0.1, 0.15) is 18.8 Å². The van der Waals surface area contributed by atoms with Crippen LogP contribution >= 0.6 is 0 Å². The van der Waals surface area contributed by atoms with Crippen LogP contribution in [0.15, 0.2) is 18.7 Å². The SMILES string of the molecule is CC(C)(C)C(=O)NC(N)=[NH2+].CC(C)(C)C(=O)NCCn1cc(C[N+](C)(C)C)nn1.CC(C)(C)CCC[N+](C)(C)CCCS(=O)(=O)[O-].CC(C)(C)NC(=O)CC(CC(=O)[O-])C(=O)[O-].CC(C)(C)NC(=O)CC(CO)C(=O)[O-].CC(C)(C)NC(=O)CC(Cc1cnc[nH]1)C(=O)[O-].CC(C)(C)NC(=O)CC1COCCOCCOCCOCCOCCO1.CC(C)(C)[N+](C)(C)CC(=O)[O-]. The maximum Gasteiger partial charge on any atom is 0.346 e. The maximum atomic E-state index is 12.1. The molecule has 0 saturated carbocycles. The number of carbonyl (C=O) groups excluding carboxylic acids is 11.